The summed E-state index contributed by atoms with van der Waals surface area (Å²) >= 11 is 0. The van der Waals surface area contributed by atoms with E-state index in [0.29, 0.717) is 6.04 Å². The van der Waals surface area contributed by atoms with E-state index in [4.69, 9.17) is 5.73 Å². The van der Waals surface area contributed by atoms with Gasteiger partial charge in [0.05, 0.1) is 6.04 Å². The van der Waals surface area contributed by atoms with Crippen molar-refractivity contribution in [3.63, 3.8) is 0 Å². The highest BCUT2D eigenvalue weighted by Crippen LogP contribution is 2.18. The van der Waals surface area contributed by atoms with Crippen LogP contribution in [0.3, 0.4) is 0 Å². The maximum atomic E-state index is 11.2. The van der Waals surface area contributed by atoms with Gasteiger partial charge in [0, 0.05) is 24.8 Å². The first kappa shape index (κ1) is 13.9. The summed E-state index contributed by atoms with van der Waals surface area (Å²) in [5, 5.41) is 3.55. The Morgan fingerprint density at radius 2 is 1.89 bits per heavy atom. The maximum absolute atomic E-state index is 11.2. The Bertz CT molecular complexity index is 422. The van der Waals surface area contributed by atoms with Crippen molar-refractivity contribution in [2.24, 2.45) is 5.73 Å². The van der Waals surface area contributed by atoms with Gasteiger partial charge in [-0.05, 0) is 38.8 Å². The lowest BCUT2D eigenvalue weighted by molar-refractivity contribution is -0.123. The molecule has 1 fully saturated rings. The van der Waals surface area contributed by atoms with Crippen molar-refractivity contribution < 1.29 is 4.79 Å². The number of carbonyl (C=O) groups excluding carboxylic acids is 1. The Morgan fingerprint density at radius 3 is 2.42 bits per heavy atom. The second kappa shape index (κ2) is 6.06. The minimum atomic E-state index is -0.232. The Labute approximate surface area is 115 Å². The molecule has 19 heavy (non-hydrogen) atoms. The Morgan fingerprint density at radius 1 is 1.32 bits per heavy atom. The highest BCUT2D eigenvalue weighted by molar-refractivity contribution is 5.79. The molecular formula is C15H23N3O. The molecule has 4 nitrogen and oxygen atoms in total. The van der Waals surface area contributed by atoms with Crippen LogP contribution in [0.25, 0.3) is 0 Å². The fourth-order valence-corrected chi connectivity index (χ4v) is 2.50. The molecule has 1 saturated heterocycles. The summed E-state index contributed by atoms with van der Waals surface area (Å²) in [6.45, 7) is 5.82. The van der Waals surface area contributed by atoms with Crippen molar-refractivity contribution in [3.8, 4) is 0 Å². The molecule has 1 unspecified atom stereocenters. The second-order valence-corrected chi connectivity index (χ2v) is 5.40. The molecule has 0 saturated carbocycles. The topological polar surface area (TPSA) is 58.4 Å². The van der Waals surface area contributed by atoms with Crippen LogP contribution in [0.5, 0.6) is 0 Å². The molecule has 1 aliphatic rings. The second-order valence-electron chi connectivity index (χ2n) is 5.40. The van der Waals surface area contributed by atoms with Gasteiger partial charge in [-0.25, -0.2) is 0 Å². The molecule has 2 rings (SSSR count). The van der Waals surface area contributed by atoms with Gasteiger partial charge in [-0.2, -0.15) is 0 Å². The molecule has 0 spiro atoms. The third kappa shape index (κ3) is 3.70. The number of likely N-dealkylation sites (tertiary alicyclic amines) is 1. The Hall–Kier alpha value is -1.55. The van der Waals surface area contributed by atoms with Gasteiger partial charge in [0.25, 0.3) is 0 Å². The van der Waals surface area contributed by atoms with Gasteiger partial charge in [-0.1, -0.05) is 17.7 Å². The number of benzene rings is 1. The van der Waals surface area contributed by atoms with Crippen LogP contribution < -0.4 is 11.1 Å². The van der Waals surface area contributed by atoms with Crippen LogP contribution in [0.2, 0.25) is 0 Å². The smallest absolute Gasteiger partial charge is 0.234 e. The number of primary amides is 1. The van der Waals surface area contributed by atoms with E-state index in [1.165, 1.54) is 11.3 Å². The van der Waals surface area contributed by atoms with E-state index in [0.717, 1.165) is 25.9 Å². The molecule has 4 heteroatoms. The number of piperidine rings is 1. The van der Waals surface area contributed by atoms with Gasteiger partial charge in [-0.15, -0.1) is 0 Å². The molecule has 104 valence electrons. The standard InChI is InChI=1S/C15H23N3O/c1-11-3-5-13(6-4-11)17-14-7-9-18(10-8-14)12(2)15(16)19/h3-6,12,14,17H,7-10H2,1-2H3,(H2,16,19). The van der Waals surface area contributed by atoms with E-state index >= 15 is 0 Å². The summed E-state index contributed by atoms with van der Waals surface area (Å²) < 4.78 is 0. The minimum Gasteiger partial charge on any atom is -0.382 e. The Balaban J connectivity index is 1.83. The molecule has 3 N–H and O–H groups in total. The van der Waals surface area contributed by atoms with Gasteiger partial charge >= 0.3 is 0 Å². The van der Waals surface area contributed by atoms with E-state index in [-0.39, 0.29) is 11.9 Å². The van der Waals surface area contributed by atoms with Crippen molar-refractivity contribution in [1.82, 2.24) is 4.90 Å². The molecular weight excluding hydrogens is 238 g/mol. The summed E-state index contributed by atoms with van der Waals surface area (Å²) in [4.78, 5) is 13.3. The predicted octanol–water partition coefficient (Wildman–Crippen LogP) is 1.75. The number of hydrogen-bond acceptors (Lipinski definition) is 3. The fourth-order valence-electron chi connectivity index (χ4n) is 2.50. The Kier molecular flexibility index (Phi) is 4.43. The number of nitrogens with one attached hydrogen (secondary N) is 1. The third-order valence-electron chi connectivity index (χ3n) is 3.91. The van der Waals surface area contributed by atoms with Crippen molar-refractivity contribution >= 4 is 11.6 Å². The first-order valence-electron chi connectivity index (χ1n) is 6.93. The number of nitrogens with two attached hydrogens (primary N) is 1. The van der Waals surface area contributed by atoms with E-state index in [1.54, 1.807) is 0 Å². The van der Waals surface area contributed by atoms with E-state index in [1.807, 2.05) is 6.92 Å². The van der Waals surface area contributed by atoms with E-state index < -0.39 is 0 Å². The molecule has 0 radical (unpaired) electrons. The molecule has 1 aliphatic heterocycles. The molecule has 0 aliphatic carbocycles. The minimum absolute atomic E-state index is 0.152. The summed E-state index contributed by atoms with van der Waals surface area (Å²) in [7, 11) is 0. The average Bonchev–Trinajstić information content (AvgIpc) is 2.41. The fraction of sp³-hybridized carbons (Fsp3) is 0.533. The predicted molar refractivity (Wildman–Crippen MR) is 78.1 cm³/mol. The van der Waals surface area contributed by atoms with Crippen molar-refractivity contribution in [2.45, 2.75) is 38.8 Å². The summed E-state index contributed by atoms with van der Waals surface area (Å²) in [6, 6.07) is 8.81. The van der Waals surface area contributed by atoms with Crippen LogP contribution >= 0.6 is 0 Å². The molecule has 1 amide bonds. The van der Waals surface area contributed by atoms with Crippen LogP contribution in [-0.2, 0) is 4.79 Å². The number of carbonyl (C=O) groups is 1. The number of aryl methyl sites for hydroxylation is 1. The molecule has 1 aromatic rings. The van der Waals surface area contributed by atoms with Gasteiger partial charge in [0.15, 0.2) is 0 Å². The largest absolute Gasteiger partial charge is 0.382 e. The average molecular weight is 261 g/mol. The first-order chi connectivity index (χ1) is 9.06. The lowest BCUT2D eigenvalue weighted by Crippen LogP contribution is -2.48. The third-order valence-corrected chi connectivity index (χ3v) is 3.91. The summed E-state index contributed by atoms with van der Waals surface area (Å²) in [5.41, 5.74) is 7.79. The summed E-state index contributed by atoms with van der Waals surface area (Å²) in [6.07, 6.45) is 2.09. The van der Waals surface area contributed by atoms with E-state index in [2.05, 4.69) is 41.4 Å². The quantitative estimate of drug-likeness (QED) is 0.868. The molecule has 1 heterocycles. The van der Waals surface area contributed by atoms with Crippen LogP contribution in [-0.4, -0.2) is 36.0 Å². The number of hydrogen-bond donors (Lipinski definition) is 2. The monoisotopic (exact) mass is 261 g/mol. The molecule has 1 aromatic carbocycles. The first-order valence-corrected chi connectivity index (χ1v) is 6.93. The molecule has 0 bridgehead atoms. The number of nitrogens with zero attached hydrogens (tertiary/aromatic N) is 1. The summed E-state index contributed by atoms with van der Waals surface area (Å²) in [5.74, 6) is -0.232. The highest BCUT2D eigenvalue weighted by atomic mass is 16.1. The van der Waals surface area contributed by atoms with Gasteiger partial charge in [-0.3, -0.25) is 9.69 Å². The zero-order valence-electron chi connectivity index (χ0n) is 11.7. The van der Waals surface area contributed by atoms with Gasteiger partial charge in [0.2, 0.25) is 5.91 Å². The lowest BCUT2D eigenvalue weighted by Gasteiger charge is -2.35. The van der Waals surface area contributed by atoms with Gasteiger partial charge in [0.1, 0.15) is 0 Å². The van der Waals surface area contributed by atoms with Gasteiger partial charge < -0.3 is 11.1 Å². The van der Waals surface area contributed by atoms with Crippen LogP contribution in [0.4, 0.5) is 5.69 Å². The van der Waals surface area contributed by atoms with E-state index in [9.17, 15) is 4.79 Å². The number of anilines is 1. The number of rotatable bonds is 4. The zero-order chi connectivity index (χ0) is 13.8. The zero-order valence-corrected chi connectivity index (χ0v) is 11.7. The number of amides is 1. The highest BCUT2D eigenvalue weighted by Gasteiger charge is 2.25. The maximum Gasteiger partial charge on any atom is 0.234 e. The lowest BCUT2D eigenvalue weighted by atomic mass is 10.0. The van der Waals surface area contributed by atoms with Crippen LogP contribution in [0.1, 0.15) is 25.3 Å². The van der Waals surface area contributed by atoms with Crippen molar-refractivity contribution in [3.05, 3.63) is 29.8 Å². The van der Waals surface area contributed by atoms with Crippen LogP contribution in [0.15, 0.2) is 24.3 Å². The normalized spacial score (nSPS) is 19.1. The SMILES string of the molecule is Cc1ccc(NC2CCN(C(C)C(N)=O)CC2)cc1. The molecule has 0 aromatic heterocycles. The molecule has 1 atom stereocenters. The van der Waals surface area contributed by atoms with Crippen LogP contribution in [0, 0.1) is 6.92 Å². The van der Waals surface area contributed by atoms with Crippen molar-refractivity contribution in [2.75, 3.05) is 18.4 Å². The van der Waals surface area contributed by atoms with Crippen molar-refractivity contribution in [1.29, 1.82) is 0 Å².